The zero-order valence-corrected chi connectivity index (χ0v) is 11.6. The Hall–Kier alpha value is -1.67. The molecule has 0 atom stereocenters. The zero-order valence-electron chi connectivity index (χ0n) is 11.6. The maximum atomic E-state index is 13.4. The van der Waals surface area contributed by atoms with Crippen LogP contribution in [0.15, 0.2) is 54.6 Å². The molecule has 0 radical (unpaired) electrons. The summed E-state index contributed by atoms with van der Waals surface area (Å²) in [7, 11) is 0. The number of hydrogen-bond donors (Lipinski definition) is 1. The SMILES string of the molecule is Fc1cccc(C2(CCCc3ccccc3)CNC2)c1. The van der Waals surface area contributed by atoms with Crippen molar-refractivity contribution in [1.82, 2.24) is 5.32 Å². The van der Waals surface area contributed by atoms with E-state index in [4.69, 9.17) is 0 Å². The predicted octanol–water partition coefficient (Wildman–Crippen LogP) is 3.69. The van der Waals surface area contributed by atoms with Crippen LogP contribution in [-0.4, -0.2) is 13.1 Å². The van der Waals surface area contributed by atoms with E-state index in [0.29, 0.717) is 0 Å². The van der Waals surface area contributed by atoms with E-state index in [-0.39, 0.29) is 11.2 Å². The van der Waals surface area contributed by atoms with Gasteiger partial charge in [-0.1, -0.05) is 42.5 Å². The van der Waals surface area contributed by atoms with Crippen molar-refractivity contribution in [3.05, 3.63) is 71.5 Å². The van der Waals surface area contributed by atoms with Crippen molar-refractivity contribution >= 4 is 0 Å². The molecule has 1 fully saturated rings. The van der Waals surface area contributed by atoms with E-state index in [0.717, 1.165) is 37.9 Å². The Balaban J connectivity index is 1.65. The van der Waals surface area contributed by atoms with Crippen LogP contribution in [0.1, 0.15) is 24.0 Å². The lowest BCUT2D eigenvalue weighted by molar-refractivity contribution is 0.251. The molecule has 0 unspecified atom stereocenters. The van der Waals surface area contributed by atoms with Gasteiger partial charge in [-0.05, 0) is 42.5 Å². The molecule has 1 N–H and O–H groups in total. The van der Waals surface area contributed by atoms with Gasteiger partial charge in [-0.15, -0.1) is 0 Å². The molecule has 0 amide bonds. The fourth-order valence-electron chi connectivity index (χ4n) is 3.05. The van der Waals surface area contributed by atoms with Gasteiger partial charge >= 0.3 is 0 Å². The zero-order chi connectivity index (χ0) is 13.8. The Bertz CT molecular complexity index is 561. The molecule has 0 bridgehead atoms. The summed E-state index contributed by atoms with van der Waals surface area (Å²) < 4.78 is 13.4. The van der Waals surface area contributed by atoms with Gasteiger partial charge in [0.2, 0.25) is 0 Å². The van der Waals surface area contributed by atoms with E-state index in [1.54, 1.807) is 6.07 Å². The van der Waals surface area contributed by atoms with Crippen LogP contribution in [0.5, 0.6) is 0 Å². The largest absolute Gasteiger partial charge is 0.315 e. The molecule has 0 spiro atoms. The quantitative estimate of drug-likeness (QED) is 0.873. The smallest absolute Gasteiger partial charge is 0.123 e. The Morgan fingerprint density at radius 2 is 1.80 bits per heavy atom. The summed E-state index contributed by atoms with van der Waals surface area (Å²) in [6.45, 7) is 1.93. The predicted molar refractivity (Wildman–Crippen MR) is 80.3 cm³/mol. The van der Waals surface area contributed by atoms with Gasteiger partial charge in [-0.25, -0.2) is 4.39 Å². The van der Waals surface area contributed by atoms with E-state index in [1.807, 2.05) is 12.1 Å². The van der Waals surface area contributed by atoms with E-state index < -0.39 is 0 Å². The third kappa shape index (κ3) is 2.75. The standard InChI is InChI=1S/C18H20FN/c19-17-10-4-9-16(12-17)18(13-20-14-18)11-5-8-15-6-2-1-3-7-15/h1-4,6-7,9-10,12,20H,5,8,11,13-14H2. The molecule has 104 valence electrons. The second kappa shape index (κ2) is 5.76. The number of rotatable bonds is 5. The molecule has 1 saturated heterocycles. The van der Waals surface area contributed by atoms with E-state index in [1.165, 1.54) is 11.6 Å². The van der Waals surface area contributed by atoms with Crippen LogP contribution in [-0.2, 0) is 11.8 Å². The van der Waals surface area contributed by atoms with Crippen molar-refractivity contribution in [3.8, 4) is 0 Å². The van der Waals surface area contributed by atoms with Gasteiger partial charge < -0.3 is 5.32 Å². The number of aryl methyl sites for hydroxylation is 1. The highest BCUT2D eigenvalue weighted by Gasteiger charge is 2.38. The minimum atomic E-state index is -0.128. The van der Waals surface area contributed by atoms with Gasteiger partial charge in [-0.3, -0.25) is 0 Å². The minimum Gasteiger partial charge on any atom is -0.315 e. The summed E-state index contributed by atoms with van der Waals surface area (Å²) >= 11 is 0. The molecular weight excluding hydrogens is 249 g/mol. The minimum absolute atomic E-state index is 0.128. The summed E-state index contributed by atoms with van der Waals surface area (Å²) in [5, 5.41) is 3.35. The fraction of sp³-hybridized carbons (Fsp3) is 0.333. The topological polar surface area (TPSA) is 12.0 Å². The molecule has 0 saturated carbocycles. The van der Waals surface area contributed by atoms with E-state index in [2.05, 4.69) is 35.6 Å². The summed E-state index contributed by atoms with van der Waals surface area (Å²) in [5.41, 5.74) is 2.66. The van der Waals surface area contributed by atoms with E-state index >= 15 is 0 Å². The summed E-state index contributed by atoms with van der Waals surface area (Å²) in [6.07, 6.45) is 3.35. The van der Waals surface area contributed by atoms with Crippen LogP contribution in [0, 0.1) is 5.82 Å². The van der Waals surface area contributed by atoms with Gasteiger partial charge in [0.1, 0.15) is 5.82 Å². The van der Waals surface area contributed by atoms with Crippen molar-refractivity contribution < 1.29 is 4.39 Å². The van der Waals surface area contributed by atoms with Gasteiger partial charge in [0.05, 0.1) is 0 Å². The molecule has 1 aliphatic heterocycles. The van der Waals surface area contributed by atoms with Crippen molar-refractivity contribution in [2.75, 3.05) is 13.1 Å². The third-order valence-electron chi connectivity index (χ3n) is 4.33. The lowest BCUT2D eigenvalue weighted by Gasteiger charge is -2.43. The highest BCUT2D eigenvalue weighted by atomic mass is 19.1. The Kier molecular flexibility index (Phi) is 3.83. The van der Waals surface area contributed by atoms with Crippen LogP contribution in [0.25, 0.3) is 0 Å². The average molecular weight is 269 g/mol. The van der Waals surface area contributed by atoms with Crippen LogP contribution >= 0.6 is 0 Å². The van der Waals surface area contributed by atoms with Crippen molar-refractivity contribution in [2.45, 2.75) is 24.7 Å². The lowest BCUT2D eigenvalue weighted by Crippen LogP contribution is -2.56. The maximum absolute atomic E-state index is 13.4. The van der Waals surface area contributed by atoms with Gasteiger partial charge in [0, 0.05) is 18.5 Å². The Morgan fingerprint density at radius 1 is 1.00 bits per heavy atom. The number of benzene rings is 2. The first-order chi connectivity index (χ1) is 9.78. The van der Waals surface area contributed by atoms with Crippen molar-refractivity contribution in [2.24, 2.45) is 0 Å². The molecule has 0 aliphatic carbocycles. The first-order valence-corrected chi connectivity index (χ1v) is 7.29. The second-order valence-electron chi connectivity index (χ2n) is 5.73. The highest BCUT2D eigenvalue weighted by Crippen LogP contribution is 2.34. The molecule has 1 nitrogen and oxygen atoms in total. The highest BCUT2D eigenvalue weighted by molar-refractivity contribution is 5.30. The summed E-state index contributed by atoms with van der Waals surface area (Å²) in [4.78, 5) is 0. The van der Waals surface area contributed by atoms with Crippen LogP contribution < -0.4 is 5.32 Å². The average Bonchev–Trinajstić information content (AvgIpc) is 2.43. The first kappa shape index (κ1) is 13.3. The van der Waals surface area contributed by atoms with Gasteiger partial charge in [-0.2, -0.15) is 0 Å². The molecular formula is C18H20FN. The van der Waals surface area contributed by atoms with Gasteiger partial charge in [0.15, 0.2) is 0 Å². The first-order valence-electron chi connectivity index (χ1n) is 7.29. The van der Waals surface area contributed by atoms with Gasteiger partial charge in [0.25, 0.3) is 0 Å². The second-order valence-corrected chi connectivity index (χ2v) is 5.73. The van der Waals surface area contributed by atoms with E-state index in [9.17, 15) is 4.39 Å². The molecule has 2 aromatic rings. The number of nitrogens with one attached hydrogen (secondary N) is 1. The number of halogens is 1. The molecule has 2 heteroatoms. The normalized spacial score (nSPS) is 16.6. The van der Waals surface area contributed by atoms with Crippen LogP contribution in [0.2, 0.25) is 0 Å². The molecule has 20 heavy (non-hydrogen) atoms. The summed E-state index contributed by atoms with van der Waals surface area (Å²) in [5.74, 6) is -0.128. The Labute approximate surface area is 119 Å². The maximum Gasteiger partial charge on any atom is 0.123 e. The fourth-order valence-corrected chi connectivity index (χ4v) is 3.05. The molecule has 2 aromatic carbocycles. The van der Waals surface area contributed by atoms with Crippen LogP contribution in [0.3, 0.4) is 0 Å². The molecule has 1 heterocycles. The summed E-state index contributed by atoms with van der Waals surface area (Å²) in [6, 6.07) is 17.7. The van der Waals surface area contributed by atoms with Crippen LogP contribution in [0.4, 0.5) is 4.39 Å². The lowest BCUT2D eigenvalue weighted by atomic mass is 9.71. The number of hydrogen-bond acceptors (Lipinski definition) is 1. The molecule has 3 rings (SSSR count). The molecule has 1 aliphatic rings. The third-order valence-corrected chi connectivity index (χ3v) is 4.33. The molecule has 0 aromatic heterocycles. The van der Waals surface area contributed by atoms with Crippen molar-refractivity contribution in [1.29, 1.82) is 0 Å². The monoisotopic (exact) mass is 269 g/mol. The Morgan fingerprint density at radius 3 is 2.45 bits per heavy atom. The van der Waals surface area contributed by atoms with Crippen molar-refractivity contribution in [3.63, 3.8) is 0 Å².